The molecular weight excluding hydrogens is 190 g/mol. The van der Waals surface area contributed by atoms with Crippen LogP contribution in [0.4, 0.5) is 8.78 Å². The third-order valence-corrected chi connectivity index (χ3v) is 1.94. The summed E-state index contributed by atoms with van der Waals surface area (Å²) in [5, 5.41) is 18.9. The van der Waals surface area contributed by atoms with Crippen LogP contribution in [0.5, 0.6) is 0 Å². The van der Waals surface area contributed by atoms with Gasteiger partial charge >= 0.3 is 0 Å². The second kappa shape index (κ2) is 3.63. The van der Waals surface area contributed by atoms with Crippen LogP contribution in [0, 0.1) is 11.6 Å². The molecule has 0 spiro atoms. The van der Waals surface area contributed by atoms with E-state index in [0.29, 0.717) is 0 Å². The molecule has 1 aromatic carbocycles. The van der Waals surface area contributed by atoms with Gasteiger partial charge in [0.05, 0.1) is 11.2 Å². The standard InChI is InChI=1S/C10H12F2O2/c1-10(2,14)9(13)8-6(11)4-3-5-7(8)12/h3-5,9,13-14H,1-2H3. The van der Waals surface area contributed by atoms with Gasteiger partial charge in [-0.15, -0.1) is 0 Å². The van der Waals surface area contributed by atoms with Gasteiger partial charge in [-0.05, 0) is 26.0 Å². The van der Waals surface area contributed by atoms with Gasteiger partial charge in [0.1, 0.15) is 17.7 Å². The average molecular weight is 202 g/mol. The van der Waals surface area contributed by atoms with E-state index >= 15 is 0 Å². The highest BCUT2D eigenvalue weighted by molar-refractivity contribution is 5.23. The van der Waals surface area contributed by atoms with Crippen molar-refractivity contribution in [1.29, 1.82) is 0 Å². The third-order valence-electron chi connectivity index (χ3n) is 1.94. The van der Waals surface area contributed by atoms with Crippen molar-refractivity contribution >= 4 is 0 Å². The largest absolute Gasteiger partial charge is 0.387 e. The van der Waals surface area contributed by atoms with Crippen molar-refractivity contribution in [2.45, 2.75) is 25.6 Å². The highest BCUT2D eigenvalue weighted by atomic mass is 19.1. The third kappa shape index (κ3) is 2.08. The first-order chi connectivity index (χ1) is 6.34. The lowest BCUT2D eigenvalue weighted by molar-refractivity contribution is -0.0529. The Morgan fingerprint density at radius 2 is 1.64 bits per heavy atom. The lowest BCUT2D eigenvalue weighted by Gasteiger charge is -2.25. The summed E-state index contributed by atoms with van der Waals surface area (Å²) in [5.41, 5.74) is -2.08. The lowest BCUT2D eigenvalue weighted by atomic mass is 9.94. The van der Waals surface area contributed by atoms with Crippen LogP contribution in [0.1, 0.15) is 25.5 Å². The molecule has 1 unspecified atom stereocenters. The number of aliphatic hydroxyl groups excluding tert-OH is 1. The first-order valence-electron chi connectivity index (χ1n) is 4.18. The number of halogens is 2. The minimum absolute atomic E-state index is 0.500. The molecule has 1 rings (SSSR count). The first-order valence-corrected chi connectivity index (χ1v) is 4.18. The molecular formula is C10H12F2O2. The number of rotatable bonds is 2. The molecule has 0 bridgehead atoms. The van der Waals surface area contributed by atoms with Gasteiger partial charge in [-0.2, -0.15) is 0 Å². The fourth-order valence-electron chi connectivity index (χ4n) is 1.13. The minimum Gasteiger partial charge on any atom is -0.387 e. The van der Waals surface area contributed by atoms with Gasteiger partial charge in [0.25, 0.3) is 0 Å². The molecule has 1 aromatic rings. The van der Waals surface area contributed by atoms with Crippen LogP contribution in [0.2, 0.25) is 0 Å². The summed E-state index contributed by atoms with van der Waals surface area (Å²) in [6, 6.07) is 3.27. The van der Waals surface area contributed by atoms with Crippen molar-refractivity contribution in [2.24, 2.45) is 0 Å². The smallest absolute Gasteiger partial charge is 0.132 e. The van der Waals surface area contributed by atoms with Gasteiger partial charge in [-0.1, -0.05) is 6.07 Å². The predicted molar refractivity (Wildman–Crippen MR) is 47.6 cm³/mol. The number of benzene rings is 1. The Morgan fingerprint density at radius 3 is 2.00 bits per heavy atom. The monoisotopic (exact) mass is 202 g/mol. The van der Waals surface area contributed by atoms with Crippen LogP contribution in [-0.2, 0) is 0 Å². The van der Waals surface area contributed by atoms with Crippen LogP contribution >= 0.6 is 0 Å². The maximum Gasteiger partial charge on any atom is 0.132 e. The molecule has 0 heterocycles. The van der Waals surface area contributed by atoms with E-state index in [4.69, 9.17) is 0 Å². The van der Waals surface area contributed by atoms with E-state index in [1.54, 1.807) is 0 Å². The zero-order valence-electron chi connectivity index (χ0n) is 7.96. The fraction of sp³-hybridized carbons (Fsp3) is 0.400. The van der Waals surface area contributed by atoms with Crippen LogP contribution in [-0.4, -0.2) is 15.8 Å². The Morgan fingerprint density at radius 1 is 1.21 bits per heavy atom. The van der Waals surface area contributed by atoms with Crippen molar-refractivity contribution in [3.63, 3.8) is 0 Å². The predicted octanol–water partition coefficient (Wildman–Crippen LogP) is 1.77. The Bertz CT molecular complexity index is 311. The molecule has 0 aromatic heterocycles. The SMILES string of the molecule is CC(C)(O)C(O)c1c(F)cccc1F. The molecule has 0 radical (unpaired) electrons. The summed E-state index contributed by atoms with van der Waals surface area (Å²) < 4.78 is 26.2. The minimum atomic E-state index is -1.58. The van der Waals surface area contributed by atoms with Crippen molar-refractivity contribution in [1.82, 2.24) is 0 Å². The quantitative estimate of drug-likeness (QED) is 0.767. The number of hydrogen-bond acceptors (Lipinski definition) is 2. The zero-order chi connectivity index (χ0) is 10.9. The van der Waals surface area contributed by atoms with Crippen LogP contribution in [0.15, 0.2) is 18.2 Å². The molecule has 2 N–H and O–H groups in total. The average Bonchev–Trinajstić information content (AvgIpc) is 2.01. The van der Waals surface area contributed by atoms with Crippen LogP contribution in [0.3, 0.4) is 0 Å². The van der Waals surface area contributed by atoms with E-state index in [1.807, 2.05) is 0 Å². The fourth-order valence-corrected chi connectivity index (χ4v) is 1.13. The molecule has 14 heavy (non-hydrogen) atoms. The molecule has 78 valence electrons. The van der Waals surface area contributed by atoms with Gasteiger partial charge in [-0.3, -0.25) is 0 Å². The van der Waals surface area contributed by atoms with Gasteiger partial charge in [-0.25, -0.2) is 8.78 Å². The highest BCUT2D eigenvalue weighted by Crippen LogP contribution is 2.29. The highest BCUT2D eigenvalue weighted by Gasteiger charge is 2.30. The molecule has 0 fully saturated rings. The maximum atomic E-state index is 13.1. The van der Waals surface area contributed by atoms with E-state index in [1.165, 1.54) is 19.9 Å². The Hall–Kier alpha value is -1.00. The first kappa shape index (κ1) is 11.1. The van der Waals surface area contributed by atoms with E-state index < -0.39 is 28.9 Å². The summed E-state index contributed by atoms with van der Waals surface area (Å²) in [6.45, 7) is 2.56. The molecule has 4 heteroatoms. The maximum absolute atomic E-state index is 13.1. The van der Waals surface area contributed by atoms with Crippen LogP contribution in [0.25, 0.3) is 0 Å². The molecule has 0 amide bonds. The topological polar surface area (TPSA) is 40.5 Å². The van der Waals surface area contributed by atoms with E-state index in [9.17, 15) is 19.0 Å². The molecule has 1 atom stereocenters. The van der Waals surface area contributed by atoms with E-state index in [-0.39, 0.29) is 0 Å². The molecule has 0 aliphatic heterocycles. The molecule has 2 nitrogen and oxygen atoms in total. The zero-order valence-corrected chi connectivity index (χ0v) is 7.96. The lowest BCUT2D eigenvalue weighted by Crippen LogP contribution is -2.30. The Labute approximate surface area is 80.8 Å². The summed E-state index contributed by atoms with van der Waals surface area (Å²) >= 11 is 0. The van der Waals surface area contributed by atoms with E-state index in [2.05, 4.69) is 0 Å². The van der Waals surface area contributed by atoms with Gasteiger partial charge in [0.2, 0.25) is 0 Å². The summed E-state index contributed by atoms with van der Waals surface area (Å²) in [7, 11) is 0. The summed E-state index contributed by atoms with van der Waals surface area (Å²) in [6.07, 6.45) is -1.58. The number of hydrogen-bond donors (Lipinski definition) is 2. The van der Waals surface area contributed by atoms with Crippen molar-refractivity contribution < 1.29 is 19.0 Å². The second-order valence-electron chi connectivity index (χ2n) is 3.69. The van der Waals surface area contributed by atoms with Crippen molar-refractivity contribution in [3.05, 3.63) is 35.4 Å². The van der Waals surface area contributed by atoms with Crippen molar-refractivity contribution in [3.8, 4) is 0 Å². The summed E-state index contributed by atoms with van der Waals surface area (Å²) in [5.74, 6) is -1.72. The molecule has 0 aliphatic carbocycles. The Balaban J connectivity index is 3.19. The number of aliphatic hydroxyl groups is 2. The Kier molecular flexibility index (Phi) is 2.87. The second-order valence-corrected chi connectivity index (χ2v) is 3.69. The van der Waals surface area contributed by atoms with Gasteiger partial charge in [0, 0.05) is 0 Å². The summed E-state index contributed by atoms with van der Waals surface area (Å²) in [4.78, 5) is 0. The molecule has 0 saturated heterocycles. The molecule has 0 aliphatic rings. The van der Waals surface area contributed by atoms with Gasteiger partial charge in [0.15, 0.2) is 0 Å². The molecule has 0 saturated carbocycles. The normalized spacial score (nSPS) is 14.1. The van der Waals surface area contributed by atoms with E-state index in [0.717, 1.165) is 12.1 Å². The van der Waals surface area contributed by atoms with Gasteiger partial charge < -0.3 is 10.2 Å². The van der Waals surface area contributed by atoms with Crippen molar-refractivity contribution in [2.75, 3.05) is 0 Å². The van der Waals surface area contributed by atoms with Crippen LogP contribution < -0.4 is 0 Å².